The molecule has 1 amide bonds. The van der Waals surface area contributed by atoms with Gasteiger partial charge in [-0.3, -0.25) is 4.79 Å². The predicted molar refractivity (Wildman–Crippen MR) is 102 cm³/mol. The maximum absolute atomic E-state index is 12.4. The fourth-order valence-electron chi connectivity index (χ4n) is 3.45. The number of methoxy groups -OCH3 is 1. The Morgan fingerprint density at radius 3 is 2.77 bits per heavy atom. The van der Waals surface area contributed by atoms with E-state index < -0.39 is 0 Å². The van der Waals surface area contributed by atoms with Crippen LogP contribution in [-0.4, -0.2) is 37.2 Å². The minimum Gasteiger partial charge on any atom is -0.497 e. The van der Waals surface area contributed by atoms with Crippen molar-refractivity contribution in [3.05, 3.63) is 65.7 Å². The van der Waals surface area contributed by atoms with E-state index in [1.807, 2.05) is 35.2 Å². The summed E-state index contributed by atoms with van der Waals surface area (Å²) in [6.45, 7) is 3.68. The zero-order valence-corrected chi connectivity index (χ0v) is 15.6. The van der Waals surface area contributed by atoms with Gasteiger partial charge >= 0.3 is 0 Å². The molecule has 0 bridgehead atoms. The molecule has 0 aliphatic carbocycles. The van der Waals surface area contributed by atoms with Crippen LogP contribution in [0.1, 0.15) is 36.8 Å². The van der Waals surface area contributed by atoms with Crippen LogP contribution in [0.15, 0.2) is 54.6 Å². The average molecular weight is 353 g/mol. The highest BCUT2D eigenvalue weighted by Crippen LogP contribution is 2.27. The molecule has 4 nitrogen and oxygen atoms in total. The number of hydrogen-bond donors (Lipinski definition) is 0. The number of rotatable bonds is 7. The van der Waals surface area contributed by atoms with E-state index in [-0.39, 0.29) is 18.6 Å². The highest BCUT2D eigenvalue weighted by Gasteiger charge is 2.29. The first-order valence-corrected chi connectivity index (χ1v) is 9.22. The van der Waals surface area contributed by atoms with E-state index in [1.165, 1.54) is 5.56 Å². The number of carbonyl (C=O) groups excluding carboxylic acids is 1. The van der Waals surface area contributed by atoms with E-state index in [0.717, 1.165) is 24.2 Å². The van der Waals surface area contributed by atoms with Crippen LogP contribution >= 0.6 is 0 Å². The molecule has 1 aliphatic heterocycles. The van der Waals surface area contributed by atoms with Crippen molar-refractivity contribution in [2.75, 3.05) is 20.3 Å². The van der Waals surface area contributed by atoms with Crippen molar-refractivity contribution in [1.29, 1.82) is 0 Å². The summed E-state index contributed by atoms with van der Waals surface area (Å²) in [5.41, 5.74) is 2.43. The van der Waals surface area contributed by atoms with Gasteiger partial charge in [0.1, 0.15) is 12.4 Å². The lowest BCUT2D eigenvalue weighted by molar-refractivity contribution is -0.149. The monoisotopic (exact) mass is 353 g/mol. The predicted octanol–water partition coefficient (Wildman–Crippen LogP) is 4.01. The van der Waals surface area contributed by atoms with Gasteiger partial charge in [-0.15, -0.1) is 0 Å². The normalized spacial score (nSPS) is 18.6. The summed E-state index contributed by atoms with van der Waals surface area (Å²) in [6, 6.07) is 18.5. The molecule has 0 radical (unpaired) electrons. The lowest BCUT2D eigenvalue weighted by Crippen LogP contribution is -2.48. The highest BCUT2D eigenvalue weighted by molar-refractivity contribution is 5.78. The van der Waals surface area contributed by atoms with E-state index in [0.29, 0.717) is 19.1 Å². The van der Waals surface area contributed by atoms with Crippen molar-refractivity contribution < 1.29 is 14.3 Å². The lowest BCUT2D eigenvalue weighted by Gasteiger charge is -2.36. The van der Waals surface area contributed by atoms with Crippen LogP contribution in [0.2, 0.25) is 0 Å². The molecule has 3 rings (SSSR count). The van der Waals surface area contributed by atoms with Crippen LogP contribution < -0.4 is 4.74 Å². The SMILES string of the molecule is COc1cccc([C@@H](C)CCC2COCC(=O)N2Cc2ccccc2)c1. The number of hydrogen-bond acceptors (Lipinski definition) is 3. The summed E-state index contributed by atoms with van der Waals surface area (Å²) in [5, 5.41) is 0. The molecule has 1 heterocycles. The minimum absolute atomic E-state index is 0.0825. The lowest BCUT2D eigenvalue weighted by atomic mass is 9.93. The molecular weight excluding hydrogens is 326 g/mol. The van der Waals surface area contributed by atoms with Crippen LogP contribution in [0.4, 0.5) is 0 Å². The van der Waals surface area contributed by atoms with Crippen molar-refractivity contribution >= 4 is 5.91 Å². The van der Waals surface area contributed by atoms with Crippen LogP contribution in [0.5, 0.6) is 5.75 Å². The fourth-order valence-corrected chi connectivity index (χ4v) is 3.45. The second-order valence-corrected chi connectivity index (χ2v) is 6.93. The summed E-state index contributed by atoms with van der Waals surface area (Å²) in [4.78, 5) is 14.4. The Morgan fingerprint density at radius 1 is 1.19 bits per heavy atom. The second kappa shape index (κ2) is 8.86. The maximum atomic E-state index is 12.4. The Kier molecular flexibility index (Phi) is 6.29. The smallest absolute Gasteiger partial charge is 0.249 e. The largest absolute Gasteiger partial charge is 0.497 e. The number of benzene rings is 2. The van der Waals surface area contributed by atoms with Crippen molar-refractivity contribution in [2.45, 2.75) is 38.3 Å². The molecule has 1 fully saturated rings. The Labute approximate surface area is 155 Å². The minimum atomic E-state index is 0.0825. The molecule has 0 N–H and O–H groups in total. The molecule has 1 aliphatic rings. The topological polar surface area (TPSA) is 38.8 Å². The molecule has 4 heteroatoms. The highest BCUT2D eigenvalue weighted by atomic mass is 16.5. The molecule has 2 aromatic carbocycles. The second-order valence-electron chi connectivity index (χ2n) is 6.93. The number of carbonyl (C=O) groups is 1. The van der Waals surface area contributed by atoms with Gasteiger partial charge < -0.3 is 14.4 Å². The number of nitrogens with zero attached hydrogens (tertiary/aromatic N) is 1. The van der Waals surface area contributed by atoms with Crippen LogP contribution in [0, 0.1) is 0 Å². The van der Waals surface area contributed by atoms with Crippen LogP contribution in [0.3, 0.4) is 0 Å². The van der Waals surface area contributed by atoms with Gasteiger partial charge in [0.2, 0.25) is 5.91 Å². The molecule has 0 spiro atoms. The van der Waals surface area contributed by atoms with Crippen molar-refractivity contribution in [3.8, 4) is 5.75 Å². The van der Waals surface area contributed by atoms with Crippen LogP contribution in [0.25, 0.3) is 0 Å². The number of ether oxygens (including phenoxy) is 2. The van der Waals surface area contributed by atoms with E-state index in [1.54, 1.807) is 7.11 Å². The van der Waals surface area contributed by atoms with Gasteiger partial charge in [0.15, 0.2) is 0 Å². The Morgan fingerprint density at radius 2 is 2.00 bits per heavy atom. The Bertz CT molecular complexity index is 716. The maximum Gasteiger partial charge on any atom is 0.249 e. The summed E-state index contributed by atoms with van der Waals surface area (Å²) in [6.07, 6.45) is 1.93. The molecule has 0 aromatic heterocycles. The molecular formula is C22H27NO3. The van der Waals surface area contributed by atoms with Gasteiger partial charge in [0.05, 0.1) is 19.8 Å². The molecule has 138 valence electrons. The molecule has 2 aromatic rings. The summed E-state index contributed by atoms with van der Waals surface area (Å²) in [5.74, 6) is 1.37. The number of morpholine rings is 1. The van der Waals surface area contributed by atoms with Crippen LogP contribution in [-0.2, 0) is 16.1 Å². The van der Waals surface area contributed by atoms with Gasteiger partial charge in [0, 0.05) is 6.54 Å². The third-order valence-corrected chi connectivity index (χ3v) is 5.09. The zero-order chi connectivity index (χ0) is 18.4. The van der Waals surface area contributed by atoms with E-state index in [2.05, 4.69) is 31.2 Å². The van der Waals surface area contributed by atoms with E-state index >= 15 is 0 Å². The van der Waals surface area contributed by atoms with Gasteiger partial charge in [-0.05, 0) is 42.0 Å². The van der Waals surface area contributed by atoms with Gasteiger partial charge in [0.25, 0.3) is 0 Å². The van der Waals surface area contributed by atoms with Gasteiger partial charge in [-0.2, -0.15) is 0 Å². The number of amides is 1. The first-order valence-electron chi connectivity index (χ1n) is 9.22. The van der Waals surface area contributed by atoms with Gasteiger partial charge in [-0.25, -0.2) is 0 Å². The summed E-state index contributed by atoms with van der Waals surface area (Å²) >= 11 is 0. The molecule has 2 atom stereocenters. The molecule has 26 heavy (non-hydrogen) atoms. The van der Waals surface area contributed by atoms with E-state index in [4.69, 9.17) is 9.47 Å². The summed E-state index contributed by atoms with van der Waals surface area (Å²) < 4.78 is 10.8. The fraction of sp³-hybridized carbons (Fsp3) is 0.409. The van der Waals surface area contributed by atoms with Crippen molar-refractivity contribution in [1.82, 2.24) is 4.90 Å². The average Bonchev–Trinajstić information content (AvgIpc) is 2.69. The first-order chi connectivity index (χ1) is 12.7. The van der Waals surface area contributed by atoms with Crippen molar-refractivity contribution in [2.24, 2.45) is 0 Å². The summed E-state index contributed by atoms with van der Waals surface area (Å²) in [7, 11) is 1.69. The van der Waals surface area contributed by atoms with Gasteiger partial charge in [-0.1, -0.05) is 49.4 Å². The van der Waals surface area contributed by atoms with Crippen molar-refractivity contribution in [3.63, 3.8) is 0 Å². The van der Waals surface area contributed by atoms with E-state index in [9.17, 15) is 4.79 Å². The molecule has 1 saturated heterocycles. The quantitative estimate of drug-likeness (QED) is 0.755. The Hall–Kier alpha value is -2.33. The zero-order valence-electron chi connectivity index (χ0n) is 15.6. The Balaban J connectivity index is 1.63. The first kappa shape index (κ1) is 18.5. The third kappa shape index (κ3) is 4.64. The molecule has 1 unspecified atom stereocenters. The standard InChI is InChI=1S/C22H27NO3/c1-17(19-9-6-10-21(13-19)25-2)11-12-20-15-26-16-22(24)23(20)14-18-7-4-3-5-8-18/h3-10,13,17,20H,11-12,14-16H2,1-2H3/t17-,20?/m0/s1. The third-order valence-electron chi connectivity index (χ3n) is 5.09. The molecule has 0 saturated carbocycles.